The molecule has 0 spiro atoms. The Morgan fingerprint density at radius 3 is 2.38 bits per heavy atom. The van der Waals surface area contributed by atoms with Gasteiger partial charge in [-0.05, 0) is 27.7 Å². The van der Waals surface area contributed by atoms with Gasteiger partial charge in [0.25, 0.3) is 0 Å². The Balaban J connectivity index is 2.22. The Morgan fingerprint density at radius 1 is 1.24 bits per heavy atom. The highest BCUT2D eigenvalue weighted by Crippen LogP contribution is 2.32. The molecule has 2 amide bonds. The van der Waals surface area contributed by atoms with E-state index in [9.17, 15) is 9.59 Å². The smallest absolute Gasteiger partial charge is 0.243 e. The highest BCUT2D eigenvalue weighted by atomic mass is 32.2. The fraction of sp³-hybridized carbons (Fsp3) is 0.692. The summed E-state index contributed by atoms with van der Waals surface area (Å²) in [5, 5.41) is 8.39. The molecule has 0 radical (unpaired) electrons. The van der Waals surface area contributed by atoms with Gasteiger partial charge in [-0.15, -0.1) is 10.2 Å². The fourth-order valence-corrected chi connectivity index (χ4v) is 3.64. The number of likely N-dealkylation sites (tertiary alicyclic amines) is 1. The molecule has 0 aromatic carbocycles. The number of hydrogen-bond donors (Lipinski definition) is 1. The third kappa shape index (κ3) is 2.96. The van der Waals surface area contributed by atoms with Crippen LogP contribution < -0.4 is 5.73 Å². The number of nitrogens with two attached hydrogens (primary N) is 1. The zero-order valence-corrected chi connectivity index (χ0v) is 13.6. The van der Waals surface area contributed by atoms with Crippen LogP contribution in [0.5, 0.6) is 0 Å². The zero-order valence-electron chi connectivity index (χ0n) is 12.7. The number of carbonyl (C=O) groups is 2. The number of aromatic nitrogens is 3. The van der Waals surface area contributed by atoms with Crippen molar-refractivity contribution in [3.05, 3.63) is 5.82 Å². The van der Waals surface area contributed by atoms with E-state index >= 15 is 0 Å². The van der Waals surface area contributed by atoms with Crippen molar-refractivity contribution in [2.75, 3.05) is 0 Å². The van der Waals surface area contributed by atoms with Crippen LogP contribution in [0.3, 0.4) is 0 Å². The summed E-state index contributed by atoms with van der Waals surface area (Å²) in [6.45, 7) is 7.99. The maximum absolute atomic E-state index is 12.3. The number of thioether (sulfide) groups is 1. The molecule has 2 rings (SSSR count). The first-order chi connectivity index (χ1) is 9.86. The van der Waals surface area contributed by atoms with Gasteiger partial charge in [-0.3, -0.25) is 14.5 Å². The molecule has 1 aliphatic heterocycles. The molecule has 1 unspecified atom stereocenters. The van der Waals surface area contributed by atoms with Crippen LogP contribution in [-0.4, -0.2) is 42.8 Å². The van der Waals surface area contributed by atoms with Crippen molar-refractivity contribution in [1.82, 2.24) is 19.7 Å². The number of nitrogens with zero attached hydrogens (tertiary/aromatic N) is 4. The number of carbonyl (C=O) groups excluding carboxylic acids is 2. The average Bonchev–Trinajstić information content (AvgIpc) is 2.91. The molecule has 116 valence electrons. The monoisotopic (exact) mass is 311 g/mol. The van der Waals surface area contributed by atoms with E-state index in [2.05, 4.69) is 10.2 Å². The molecule has 2 heterocycles. The Morgan fingerprint density at radius 2 is 1.90 bits per heavy atom. The second-order valence-corrected chi connectivity index (χ2v) is 6.74. The van der Waals surface area contributed by atoms with Gasteiger partial charge >= 0.3 is 0 Å². The van der Waals surface area contributed by atoms with Crippen molar-refractivity contribution in [2.45, 2.75) is 63.2 Å². The minimum Gasteiger partial charge on any atom is -0.324 e. The lowest BCUT2D eigenvalue weighted by Crippen LogP contribution is -2.37. The molecule has 1 aliphatic rings. The third-order valence-electron chi connectivity index (χ3n) is 3.34. The molecule has 0 bridgehead atoms. The second-order valence-electron chi connectivity index (χ2n) is 5.57. The lowest BCUT2D eigenvalue weighted by molar-refractivity contribution is -0.140. The molecular formula is C13H21N5O2S. The lowest BCUT2D eigenvalue weighted by atomic mass is 10.3. The van der Waals surface area contributed by atoms with Crippen molar-refractivity contribution in [3.63, 3.8) is 0 Å². The topological polar surface area (TPSA) is 94.1 Å². The van der Waals surface area contributed by atoms with Gasteiger partial charge in [0.2, 0.25) is 11.8 Å². The summed E-state index contributed by atoms with van der Waals surface area (Å²) in [6, 6.07) is 0.0348. The fourth-order valence-electron chi connectivity index (χ4n) is 2.43. The molecule has 1 aromatic rings. The molecule has 7 nitrogen and oxygen atoms in total. The van der Waals surface area contributed by atoms with E-state index in [4.69, 9.17) is 5.73 Å². The van der Waals surface area contributed by atoms with Crippen LogP contribution in [0.15, 0.2) is 5.16 Å². The molecule has 1 atom stereocenters. The lowest BCUT2D eigenvalue weighted by Gasteiger charge is -2.19. The SMILES string of the molecule is CC(C)N1C(=O)CC(Sc2nnc(CN)n2C(C)C)C1=O. The molecule has 21 heavy (non-hydrogen) atoms. The van der Waals surface area contributed by atoms with E-state index in [-0.39, 0.29) is 30.3 Å². The predicted molar refractivity (Wildman–Crippen MR) is 79.5 cm³/mol. The average molecular weight is 311 g/mol. The van der Waals surface area contributed by atoms with Crippen LogP contribution in [0.2, 0.25) is 0 Å². The van der Waals surface area contributed by atoms with Crippen LogP contribution in [0, 0.1) is 0 Å². The summed E-state index contributed by atoms with van der Waals surface area (Å²) in [6.07, 6.45) is 0.213. The van der Waals surface area contributed by atoms with Crippen molar-refractivity contribution >= 4 is 23.6 Å². The molecule has 0 saturated carbocycles. The van der Waals surface area contributed by atoms with E-state index in [1.165, 1.54) is 16.7 Å². The summed E-state index contributed by atoms with van der Waals surface area (Å²) < 4.78 is 1.92. The number of hydrogen-bond acceptors (Lipinski definition) is 6. The molecule has 0 aliphatic carbocycles. The third-order valence-corrected chi connectivity index (χ3v) is 4.48. The summed E-state index contributed by atoms with van der Waals surface area (Å²) in [5.74, 6) is 0.416. The van der Waals surface area contributed by atoms with Gasteiger partial charge in [0.05, 0.1) is 6.54 Å². The number of rotatable bonds is 5. The maximum Gasteiger partial charge on any atom is 0.243 e. The van der Waals surface area contributed by atoms with Crippen LogP contribution in [-0.2, 0) is 16.1 Å². The zero-order chi connectivity index (χ0) is 15.7. The van der Waals surface area contributed by atoms with E-state index in [0.717, 1.165) is 0 Å². The quantitative estimate of drug-likeness (QED) is 0.814. The Hall–Kier alpha value is -1.41. The van der Waals surface area contributed by atoms with Crippen LogP contribution in [0.4, 0.5) is 0 Å². The van der Waals surface area contributed by atoms with Gasteiger partial charge < -0.3 is 10.3 Å². The van der Waals surface area contributed by atoms with E-state index in [0.29, 0.717) is 17.5 Å². The Labute approximate surface area is 128 Å². The van der Waals surface area contributed by atoms with E-state index < -0.39 is 5.25 Å². The normalized spacial score (nSPS) is 19.4. The minimum atomic E-state index is -0.424. The number of imide groups is 1. The Kier molecular flexibility index (Phi) is 4.67. The maximum atomic E-state index is 12.3. The molecule has 1 aromatic heterocycles. The first-order valence-corrected chi connectivity index (χ1v) is 7.91. The first-order valence-electron chi connectivity index (χ1n) is 7.03. The van der Waals surface area contributed by atoms with Crippen molar-refractivity contribution in [2.24, 2.45) is 5.73 Å². The number of amides is 2. The van der Waals surface area contributed by atoms with Crippen molar-refractivity contribution in [1.29, 1.82) is 0 Å². The molecule has 2 N–H and O–H groups in total. The standard InChI is InChI=1S/C13H21N5O2S/c1-7(2)17-10(6-14)15-16-13(17)21-9-5-11(19)18(8(3)4)12(9)20/h7-9H,5-6,14H2,1-4H3. The molecular weight excluding hydrogens is 290 g/mol. The highest BCUT2D eigenvalue weighted by Gasteiger charge is 2.41. The van der Waals surface area contributed by atoms with Gasteiger partial charge in [0.1, 0.15) is 11.1 Å². The van der Waals surface area contributed by atoms with Crippen molar-refractivity contribution < 1.29 is 9.59 Å². The molecule has 1 fully saturated rings. The molecule has 1 saturated heterocycles. The summed E-state index contributed by atoms with van der Waals surface area (Å²) in [5.41, 5.74) is 5.66. The van der Waals surface area contributed by atoms with Gasteiger partial charge in [0, 0.05) is 18.5 Å². The second kappa shape index (κ2) is 6.15. The largest absolute Gasteiger partial charge is 0.324 e. The van der Waals surface area contributed by atoms with Crippen molar-refractivity contribution in [3.8, 4) is 0 Å². The van der Waals surface area contributed by atoms with Gasteiger partial charge in [0.15, 0.2) is 5.16 Å². The van der Waals surface area contributed by atoms with Gasteiger partial charge in [-0.1, -0.05) is 11.8 Å². The van der Waals surface area contributed by atoms with Gasteiger partial charge in [-0.2, -0.15) is 0 Å². The van der Waals surface area contributed by atoms with Crippen LogP contribution in [0.25, 0.3) is 0 Å². The van der Waals surface area contributed by atoms with Gasteiger partial charge in [-0.25, -0.2) is 0 Å². The minimum absolute atomic E-state index is 0.113. The van der Waals surface area contributed by atoms with E-state index in [1.54, 1.807) is 0 Å². The predicted octanol–water partition coefficient (Wildman–Crippen LogP) is 0.946. The Bertz CT molecular complexity index is 555. The molecule has 8 heteroatoms. The van der Waals surface area contributed by atoms with Crippen LogP contribution >= 0.6 is 11.8 Å². The first kappa shape index (κ1) is 16.0. The van der Waals surface area contributed by atoms with Crippen LogP contribution in [0.1, 0.15) is 46.0 Å². The van der Waals surface area contributed by atoms with E-state index in [1.807, 2.05) is 32.3 Å². The summed E-state index contributed by atoms with van der Waals surface area (Å²) in [7, 11) is 0. The highest BCUT2D eigenvalue weighted by molar-refractivity contribution is 8.00. The summed E-state index contributed by atoms with van der Waals surface area (Å²) >= 11 is 1.30. The summed E-state index contributed by atoms with van der Waals surface area (Å²) in [4.78, 5) is 25.6.